The van der Waals surface area contributed by atoms with E-state index in [1.54, 1.807) is 32.1 Å². The SMILES string of the molecule is Cc1noc(NS(=O)(=O)c2ccc(NC(=O)C3=C[C@H]4C=CC=C[C@H]4OC3=O)cc2)c1C. The van der Waals surface area contributed by atoms with Crippen molar-refractivity contribution in [3.05, 3.63) is 71.5 Å². The summed E-state index contributed by atoms with van der Waals surface area (Å²) in [5, 5.41) is 6.30. The first-order valence-corrected chi connectivity index (χ1v) is 10.9. The van der Waals surface area contributed by atoms with Crippen LogP contribution in [0.5, 0.6) is 0 Å². The van der Waals surface area contributed by atoms with Crippen LogP contribution < -0.4 is 10.0 Å². The molecule has 2 aromatic rings. The molecule has 1 aromatic carbocycles. The zero-order chi connectivity index (χ0) is 22.2. The molecule has 0 saturated carbocycles. The lowest BCUT2D eigenvalue weighted by atomic mass is 9.92. The highest BCUT2D eigenvalue weighted by Gasteiger charge is 2.32. The van der Waals surface area contributed by atoms with Crippen LogP contribution in [0.4, 0.5) is 11.6 Å². The van der Waals surface area contributed by atoms with Crippen LogP contribution in [0.2, 0.25) is 0 Å². The van der Waals surface area contributed by atoms with Crippen LogP contribution in [0, 0.1) is 19.8 Å². The van der Waals surface area contributed by atoms with E-state index in [9.17, 15) is 18.0 Å². The molecule has 1 amide bonds. The smallest absolute Gasteiger partial charge is 0.344 e. The van der Waals surface area contributed by atoms with E-state index in [0.717, 1.165) is 0 Å². The quantitative estimate of drug-likeness (QED) is 0.539. The Kier molecular flexibility index (Phi) is 5.24. The number of sulfonamides is 1. The van der Waals surface area contributed by atoms with Crippen LogP contribution in [0.1, 0.15) is 11.3 Å². The standard InChI is InChI=1S/C21H19N3O6S/c1-12-13(2)23-30-20(12)24-31(27,28)16-9-7-15(8-10-16)22-19(25)17-11-14-5-3-4-6-18(14)29-21(17)26/h3-11,14,18,24H,1-2H3,(H,22,25)/t14-,18-/m1/s1. The molecule has 0 fully saturated rings. The number of aromatic nitrogens is 1. The molecule has 0 bridgehead atoms. The second-order valence-electron chi connectivity index (χ2n) is 7.10. The second kappa shape index (κ2) is 7.88. The summed E-state index contributed by atoms with van der Waals surface area (Å²) in [7, 11) is -3.91. The molecule has 160 valence electrons. The summed E-state index contributed by atoms with van der Waals surface area (Å²) in [6.45, 7) is 3.39. The average Bonchev–Trinajstić information content (AvgIpc) is 3.05. The van der Waals surface area contributed by atoms with Gasteiger partial charge in [0.1, 0.15) is 11.7 Å². The molecule has 0 spiro atoms. The van der Waals surface area contributed by atoms with E-state index in [-0.39, 0.29) is 22.3 Å². The molecule has 0 unspecified atom stereocenters. The van der Waals surface area contributed by atoms with Crippen molar-refractivity contribution < 1.29 is 27.3 Å². The topological polar surface area (TPSA) is 128 Å². The maximum atomic E-state index is 12.6. The Morgan fingerprint density at radius 3 is 2.48 bits per heavy atom. The van der Waals surface area contributed by atoms with Crippen molar-refractivity contribution in [1.82, 2.24) is 5.16 Å². The van der Waals surface area contributed by atoms with Crippen LogP contribution in [0.25, 0.3) is 0 Å². The molecular weight excluding hydrogens is 422 g/mol. The third kappa shape index (κ3) is 4.15. The van der Waals surface area contributed by atoms with E-state index in [1.165, 1.54) is 24.3 Å². The Balaban J connectivity index is 1.47. The lowest BCUT2D eigenvalue weighted by Crippen LogP contribution is -2.34. The van der Waals surface area contributed by atoms with E-state index in [2.05, 4.69) is 15.2 Å². The Labute approximate surface area is 178 Å². The van der Waals surface area contributed by atoms with Crippen molar-refractivity contribution >= 4 is 33.5 Å². The minimum atomic E-state index is -3.91. The predicted molar refractivity (Wildman–Crippen MR) is 112 cm³/mol. The summed E-state index contributed by atoms with van der Waals surface area (Å²) < 4.78 is 37.7. The van der Waals surface area contributed by atoms with Crippen LogP contribution >= 0.6 is 0 Å². The Morgan fingerprint density at radius 2 is 1.81 bits per heavy atom. The Morgan fingerprint density at radius 1 is 1.10 bits per heavy atom. The van der Waals surface area contributed by atoms with Crippen LogP contribution in [-0.4, -0.2) is 31.6 Å². The Hall–Kier alpha value is -3.66. The largest absolute Gasteiger partial charge is 0.453 e. The summed E-state index contributed by atoms with van der Waals surface area (Å²) in [4.78, 5) is 24.7. The first-order chi connectivity index (χ1) is 14.7. The van der Waals surface area contributed by atoms with Gasteiger partial charge in [0.25, 0.3) is 15.9 Å². The molecule has 0 saturated heterocycles. The maximum absolute atomic E-state index is 12.6. The number of carbonyl (C=O) groups is 2. The Bertz CT molecular complexity index is 1240. The highest BCUT2D eigenvalue weighted by atomic mass is 32.2. The maximum Gasteiger partial charge on any atom is 0.344 e. The molecule has 9 nitrogen and oxygen atoms in total. The first-order valence-electron chi connectivity index (χ1n) is 9.39. The van der Waals surface area contributed by atoms with Gasteiger partial charge in [-0.05, 0) is 44.2 Å². The van der Waals surface area contributed by atoms with Crippen molar-refractivity contribution in [3.8, 4) is 0 Å². The molecular formula is C21H19N3O6S. The minimum Gasteiger partial charge on any atom is -0.453 e. The zero-order valence-corrected chi connectivity index (χ0v) is 17.5. The number of hydrogen-bond donors (Lipinski definition) is 2. The molecule has 10 heteroatoms. The summed E-state index contributed by atoms with van der Waals surface area (Å²) in [6, 6.07) is 5.50. The first kappa shape index (κ1) is 20.6. The minimum absolute atomic E-state index is 0.0304. The normalized spacial score (nSPS) is 19.9. The highest BCUT2D eigenvalue weighted by molar-refractivity contribution is 7.92. The van der Waals surface area contributed by atoms with Gasteiger partial charge >= 0.3 is 5.97 Å². The third-order valence-electron chi connectivity index (χ3n) is 5.00. The fourth-order valence-corrected chi connectivity index (χ4v) is 4.14. The number of rotatable bonds is 5. The number of anilines is 2. The number of amides is 1. The van der Waals surface area contributed by atoms with Gasteiger partial charge in [-0.3, -0.25) is 4.79 Å². The number of ether oxygens (including phenoxy) is 1. The third-order valence-corrected chi connectivity index (χ3v) is 6.34. The van der Waals surface area contributed by atoms with Gasteiger partial charge < -0.3 is 14.6 Å². The highest BCUT2D eigenvalue weighted by Crippen LogP contribution is 2.26. The summed E-state index contributed by atoms with van der Waals surface area (Å²) in [5.41, 5.74) is 1.39. The number of aryl methyl sites for hydroxylation is 1. The van der Waals surface area contributed by atoms with Crippen molar-refractivity contribution in [2.24, 2.45) is 5.92 Å². The lowest BCUT2D eigenvalue weighted by Gasteiger charge is -2.27. The van der Waals surface area contributed by atoms with E-state index in [4.69, 9.17) is 9.26 Å². The zero-order valence-electron chi connectivity index (χ0n) is 16.7. The number of nitrogens with one attached hydrogen (secondary N) is 2. The van der Waals surface area contributed by atoms with Gasteiger partial charge in [-0.15, -0.1) is 0 Å². The van der Waals surface area contributed by atoms with Gasteiger partial charge in [0.15, 0.2) is 0 Å². The van der Waals surface area contributed by atoms with Crippen molar-refractivity contribution in [2.45, 2.75) is 24.8 Å². The molecule has 2 heterocycles. The fraction of sp³-hybridized carbons (Fsp3) is 0.190. The lowest BCUT2D eigenvalue weighted by molar-refractivity contribution is -0.145. The molecule has 0 radical (unpaired) electrons. The van der Waals surface area contributed by atoms with Crippen LogP contribution in [-0.2, 0) is 24.3 Å². The molecule has 4 rings (SSSR count). The number of fused-ring (bicyclic) bond motifs is 1. The number of benzene rings is 1. The van der Waals surface area contributed by atoms with Crippen molar-refractivity contribution in [1.29, 1.82) is 0 Å². The van der Waals surface area contributed by atoms with Gasteiger partial charge in [-0.1, -0.05) is 29.5 Å². The van der Waals surface area contributed by atoms with Crippen molar-refractivity contribution in [3.63, 3.8) is 0 Å². The number of carbonyl (C=O) groups excluding carboxylic acids is 2. The van der Waals surface area contributed by atoms with Crippen molar-refractivity contribution in [2.75, 3.05) is 10.0 Å². The van der Waals surface area contributed by atoms with Gasteiger partial charge in [-0.25, -0.2) is 17.9 Å². The number of esters is 1. The molecule has 1 aliphatic heterocycles. The second-order valence-corrected chi connectivity index (χ2v) is 8.79. The molecule has 1 aromatic heterocycles. The summed E-state index contributed by atoms with van der Waals surface area (Å²) in [6.07, 6.45) is 8.35. The van der Waals surface area contributed by atoms with Gasteiger partial charge in [0, 0.05) is 17.2 Å². The van der Waals surface area contributed by atoms with Crippen LogP contribution in [0.15, 0.2) is 69.6 Å². The van der Waals surface area contributed by atoms with Gasteiger partial charge in [-0.2, -0.15) is 0 Å². The fourth-order valence-electron chi connectivity index (χ4n) is 3.10. The molecule has 2 N–H and O–H groups in total. The average molecular weight is 441 g/mol. The number of nitrogens with zero attached hydrogens (tertiary/aromatic N) is 1. The molecule has 31 heavy (non-hydrogen) atoms. The van der Waals surface area contributed by atoms with Crippen LogP contribution in [0.3, 0.4) is 0 Å². The number of allylic oxidation sites excluding steroid dienone is 2. The molecule has 1 aliphatic carbocycles. The van der Waals surface area contributed by atoms with E-state index < -0.39 is 28.0 Å². The monoisotopic (exact) mass is 441 g/mol. The predicted octanol–water partition coefficient (Wildman–Crippen LogP) is 2.62. The van der Waals surface area contributed by atoms with E-state index >= 15 is 0 Å². The van der Waals surface area contributed by atoms with Gasteiger partial charge in [0.05, 0.1) is 10.6 Å². The number of hydrogen-bond acceptors (Lipinski definition) is 7. The van der Waals surface area contributed by atoms with E-state index in [1.807, 2.05) is 12.2 Å². The molecule has 2 atom stereocenters. The van der Waals surface area contributed by atoms with E-state index in [0.29, 0.717) is 16.9 Å². The molecule has 2 aliphatic rings. The van der Waals surface area contributed by atoms with Gasteiger partial charge in [0.2, 0.25) is 5.88 Å². The summed E-state index contributed by atoms with van der Waals surface area (Å²) in [5.74, 6) is -1.50. The summed E-state index contributed by atoms with van der Waals surface area (Å²) >= 11 is 0.